The monoisotopic (exact) mass is 363 g/mol. The van der Waals surface area contributed by atoms with Crippen LogP contribution in [0, 0.1) is 0 Å². The first-order valence-electron chi connectivity index (χ1n) is 8.30. The van der Waals surface area contributed by atoms with Gasteiger partial charge in [0.15, 0.2) is 5.16 Å². The van der Waals surface area contributed by atoms with Gasteiger partial charge < -0.3 is 14.3 Å². The van der Waals surface area contributed by atoms with Gasteiger partial charge in [-0.3, -0.25) is 10.1 Å². The lowest BCUT2D eigenvalue weighted by Gasteiger charge is -2.14. The molecule has 0 saturated heterocycles. The van der Waals surface area contributed by atoms with Crippen molar-refractivity contribution in [2.75, 3.05) is 0 Å². The van der Waals surface area contributed by atoms with E-state index >= 15 is 0 Å². The Morgan fingerprint density at radius 3 is 2.96 bits per heavy atom. The van der Waals surface area contributed by atoms with Gasteiger partial charge in [0.05, 0.1) is 18.1 Å². The number of urea groups is 1. The summed E-state index contributed by atoms with van der Waals surface area (Å²) in [5.74, 6) is 0.419. The quantitative estimate of drug-likeness (QED) is 0.763. The van der Waals surface area contributed by atoms with Crippen molar-refractivity contribution in [2.24, 2.45) is 0 Å². The number of nitrogens with zero attached hydrogens (tertiary/aromatic N) is 3. The van der Waals surface area contributed by atoms with Crippen LogP contribution in [0.5, 0.6) is 0 Å². The highest BCUT2D eigenvalue weighted by atomic mass is 32.2. The molecule has 1 saturated carbocycles. The van der Waals surface area contributed by atoms with Crippen molar-refractivity contribution in [3.8, 4) is 0 Å². The topological polar surface area (TPSA) is 102 Å². The summed E-state index contributed by atoms with van der Waals surface area (Å²) in [6.07, 6.45) is 7.38. The maximum Gasteiger partial charge on any atom is 0.321 e. The number of nitrogens with one attached hydrogen (secondary N) is 2. The Kier molecular flexibility index (Phi) is 5.75. The number of amides is 3. The summed E-state index contributed by atoms with van der Waals surface area (Å²) in [7, 11) is 0. The van der Waals surface area contributed by atoms with Crippen molar-refractivity contribution in [3.05, 3.63) is 30.5 Å². The highest BCUT2D eigenvalue weighted by Crippen LogP contribution is 2.22. The fraction of sp³-hybridized carbons (Fsp3) is 0.500. The van der Waals surface area contributed by atoms with Gasteiger partial charge in [0.2, 0.25) is 5.91 Å². The zero-order valence-corrected chi connectivity index (χ0v) is 14.8. The average molecular weight is 363 g/mol. The smallest absolute Gasteiger partial charge is 0.321 e. The highest BCUT2D eigenvalue weighted by Gasteiger charge is 2.22. The molecule has 3 rings (SSSR count). The van der Waals surface area contributed by atoms with E-state index in [9.17, 15) is 9.59 Å². The number of thioether (sulfide) groups is 1. The van der Waals surface area contributed by atoms with E-state index in [1.54, 1.807) is 24.1 Å². The summed E-state index contributed by atoms with van der Waals surface area (Å²) in [5, 5.41) is 13.3. The molecule has 2 aromatic rings. The van der Waals surface area contributed by atoms with Gasteiger partial charge in [-0.2, -0.15) is 0 Å². The number of rotatable bonds is 6. The van der Waals surface area contributed by atoms with E-state index in [1.165, 1.54) is 11.8 Å². The molecule has 3 amide bonds. The number of carbonyl (C=O) groups excluding carboxylic acids is 2. The molecule has 0 aliphatic heterocycles. The van der Waals surface area contributed by atoms with E-state index < -0.39 is 11.3 Å². The lowest BCUT2D eigenvalue weighted by molar-refractivity contribution is -0.119. The van der Waals surface area contributed by atoms with Gasteiger partial charge in [-0.05, 0) is 31.9 Å². The molecule has 1 atom stereocenters. The fourth-order valence-electron chi connectivity index (χ4n) is 2.73. The summed E-state index contributed by atoms with van der Waals surface area (Å²) >= 11 is 1.25. The molecule has 1 unspecified atom stereocenters. The van der Waals surface area contributed by atoms with Crippen molar-refractivity contribution >= 4 is 23.7 Å². The summed E-state index contributed by atoms with van der Waals surface area (Å²) in [4.78, 5) is 24.1. The summed E-state index contributed by atoms with van der Waals surface area (Å²) in [6.45, 7) is 2.22. The molecule has 1 aliphatic rings. The molecule has 1 aliphatic carbocycles. The first-order valence-corrected chi connectivity index (χ1v) is 9.18. The molecule has 134 valence electrons. The highest BCUT2D eigenvalue weighted by molar-refractivity contribution is 8.00. The Morgan fingerprint density at radius 2 is 2.24 bits per heavy atom. The molecular formula is C16H21N5O3S. The second-order valence-corrected chi connectivity index (χ2v) is 7.33. The van der Waals surface area contributed by atoms with Crippen molar-refractivity contribution in [3.63, 3.8) is 0 Å². The lowest BCUT2D eigenvalue weighted by Crippen LogP contribution is -2.45. The molecule has 8 nitrogen and oxygen atoms in total. The molecule has 2 N–H and O–H groups in total. The van der Waals surface area contributed by atoms with E-state index in [2.05, 4.69) is 20.8 Å². The third-order valence-electron chi connectivity index (χ3n) is 4.06. The Labute approximate surface area is 149 Å². The van der Waals surface area contributed by atoms with Crippen LogP contribution < -0.4 is 10.6 Å². The Morgan fingerprint density at radius 1 is 1.44 bits per heavy atom. The Hall–Kier alpha value is -2.29. The van der Waals surface area contributed by atoms with Crippen molar-refractivity contribution in [2.45, 2.75) is 55.6 Å². The maximum absolute atomic E-state index is 12.2. The molecule has 2 aromatic heterocycles. The number of hydrogen-bond donors (Lipinski definition) is 2. The normalized spacial score (nSPS) is 15.9. The van der Waals surface area contributed by atoms with Crippen LogP contribution in [0.1, 0.15) is 38.4 Å². The molecule has 0 bridgehead atoms. The van der Waals surface area contributed by atoms with Gasteiger partial charge in [0.1, 0.15) is 12.1 Å². The van der Waals surface area contributed by atoms with Crippen molar-refractivity contribution in [1.82, 2.24) is 25.4 Å². The van der Waals surface area contributed by atoms with Crippen LogP contribution in [-0.4, -0.2) is 38.0 Å². The minimum atomic E-state index is -0.478. The molecule has 9 heteroatoms. The molecule has 0 spiro atoms. The van der Waals surface area contributed by atoms with E-state index in [0.717, 1.165) is 31.4 Å². The molecule has 1 fully saturated rings. The second-order valence-electron chi connectivity index (χ2n) is 6.02. The van der Waals surface area contributed by atoms with E-state index in [1.807, 2.05) is 12.1 Å². The zero-order valence-electron chi connectivity index (χ0n) is 14.0. The van der Waals surface area contributed by atoms with Gasteiger partial charge in [0.25, 0.3) is 0 Å². The Bertz CT molecular complexity index is 709. The third kappa shape index (κ3) is 4.85. The summed E-state index contributed by atoms with van der Waals surface area (Å²) < 4.78 is 7.11. The second kappa shape index (κ2) is 8.19. The SMILES string of the molecule is CC(Sc1nncn1Cc1ccco1)C(=O)NC(=O)NC1CCCC1. The first-order chi connectivity index (χ1) is 12.1. The lowest BCUT2D eigenvalue weighted by atomic mass is 10.2. The Balaban J connectivity index is 1.51. The molecule has 0 aromatic carbocycles. The third-order valence-corrected chi connectivity index (χ3v) is 5.16. The minimum absolute atomic E-state index is 0.173. The standard InChI is InChI=1S/C16H21N5O3S/c1-11(14(22)19-15(23)18-12-5-2-3-6-12)25-16-20-17-10-21(16)9-13-7-4-8-24-13/h4,7-8,10-12H,2-3,5-6,9H2,1H3,(H2,18,19,22,23). The minimum Gasteiger partial charge on any atom is -0.467 e. The first kappa shape index (κ1) is 17.5. The molecule has 2 heterocycles. The van der Waals surface area contributed by atoms with Crippen molar-refractivity contribution < 1.29 is 14.0 Å². The summed E-state index contributed by atoms with van der Waals surface area (Å²) in [5.41, 5.74) is 0. The molecule has 0 radical (unpaired) electrons. The summed E-state index contributed by atoms with van der Waals surface area (Å²) in [6, 6.07) is 3.41. The number of carbonyl (C=O) groups is 2. The van der Waals surface area contributed by atoms with Crippen LogP contribution >= 0.6 is 11.8 Å². The number of imide groups is 1. The average Bonchev–Trinajstić information content (AvgIpc) is 3.31. The fourth-order valence-corrected chi connectivity index (χ4v) is 3.55. The van der Waals surface area contributed by atoms with E-state index in [0.29, 0.717) is 11.7 Å². The van der Waals surface area contributed by atoms with Gasteiger partial charge in [0, 0.05) is 6.04 Å². The van der Waals surface area contributed by atoms with Crippen LogP contribution in [0.25, 0.3) is 0 Å². The molecular weight excluding hydrogens is 342 g/mol. The van der Waals surface area contributed by atoms with Gasteiger partial charge in [-0.15, -0.1) is 10.2 Å². The van der Waals surface area contributed by atoms with Gasteiger partial charge >= 0.3 is 6.03 Å². The van der Waals surface area contributed by atoms with Crippen LogP contribution in [0.4, 0.5) is 4.79 Å². The van der Waals surface area contributed by atoms with E-state index in [-0.39, 0.29) is 11.9 Å². The van der Waals surface area contributed by atoms with Crippen LogP contribution in [0.3, 0.4) is 0 Å². The number of aromatic nitrogens is 3. The number of furan rings is 1. The van der Waals surface area contributed by atoms with Gasteiger partial charge in [-0.25, -0.2) is 4.79 Å². The van der Waals surface area contributed by atoms with Gasteiger partial charge in [-0.1, -0.05) is 24.6 Å². The number of hydrogen-bond acceptors (Lipinski definition) is 6. The molecule has 25 heavy (non-hydrogen) atoms. The van der Waals surface area contributed by atoms with E-state index in [4.69, 9.17) is 4.42 Å². The zero-order chi connectivity index (χ0) is 17.6. The predicted octanol–water partition coefficient (Wildman–Crippen LogP) is 2.17. The largest absolute Gasteiger partial charge is 0.467 e. The van der Waals surface area contributed by atoms with Crippen LogP contribution in [-0.2, 0) is 11.3 Å². The van der Waals surface area contributed by atoms with Crippen LogP contribution in [0.15, 0.2) is 34.3 Å². The van der Waals surface area contributed by atoms with Crippen LogP contribution in [0.2, 0.25) is 0 Å². The predicted molar refractivity (Wildman–Crippen MR) is 92.1 cm³/mol. The maximum atomic E-state index is 12.2. The van der Waals surface area contributed by atoms with Crippen molar-refractivity contribution in [1.29, 1.82) is 0 Å².